The van der Waals surface area contributed by atoms with Crippen LogP contribution < -0.4 is 5.73 Å². The number of nitrogen functional groups attached to an aromatic ring is 1. The van der Waals surface area contributed by atoms with Gasteiger partial charge in [0.1, 0.15) is 11.6 Å². The van der Waals surface area contributed by atoms with E-state index in [1.165, 1.54) is 12.1 Å². The van der Waals surface area contributed by atoms with Gasteiger partial charge in [0.15, 0.2) is 0 Å². The van der Waals surface area contributed by atoms with Crippen molar-refractivity contribution in [1.82, 2.24) is 0 Å². The predicted molar refractivity (Wildman–Crippen MR) is 74.3 cm³/mol. The van der Waals surface area contributed by atoms with Crippen LogP contribution in [0.3, 0.4) is 0 Å². The fourth-order valence-electron chi connectivity index (χ4n) is 1.95. The van der Waals surface area contributed by atoms with Crippen molar-refractivity contribution in [1.29, 1.82) is 0 Å². The van der Waals surface area contributed by atoms with Crippen LogP contribution in [0.1, 0.15) is 17.5 Å². The number of aryl methyl sites for hydroxylation is 1. The van der Waals surface area contributed by atoms with Crippen molar-refractivity contribution in [2.24, 2.45) is 0 Å². The van der Waals surface area contributed by atoms with Crippen LogP contribution in [0.4, 0.5) is 10.1 Å². The van der Waals surface area contributed by atoms with Crippen molar-refractivity contribution >= 4 is 11.5 Å². The van der Waals surface area contributed by atoms with Gasteiger partial charge in [0.25, 0.3) is 0 Å². The van der Waals surface area contributed by atoms with Gasteiger partial charge in [-0.1, -0.05) is 24.3 Å². The molecule has 0 fully saturated rings. The Morgan fingerprint density at radius 2 is 1.79 bits per heavy atom. The number of rotatable bonds is 5. The fourth-order valence-corrected chi connectivity index (χ4v) is 1.95. The van der Waals surface area contributed by atoms with Crippen molar-refractivity contribution in [3.05, 3.63) is 65.5 Å². The molecular weight excluding hydrogens is 241 g/mol. The number of carbonyl (C=O) groups is 1. The summed E-state index contributed by atoms with van der Waals surface area (Å²) < 4.78 is 12.7. The van der Waals surface area contributed by atoms with Crippen LogP contribution in [0.5, 0.6) is 0 Å². The van der Waals surface area contributed by atoms with E-state index in [1.807, 2.05) is 24.3 Å². The van der Waals surface area contributed by atoms with Crippen molar-refractivity contribution < 1.29 is 9.18 Å². The minimum atomic E-state index is -0.282. The third kappa shape index (κ3) is 4.21. The van der Waals surface area contributed by atoms with Crippen LogP contribution >= 0.6 is 0 Å². The van der Waals surface area contributed by atoms with Gasteiger partial charge in [-0.25, -0.2) is 4.39 Å². The van der Waals surface area contributed by atoms with Gasteiger partial charge in [-0.3, -0.25) is 4.79 Å². The van der Waals surface area contributed by atoms with Crippen LogP contribution in [0, 0.1) is 5.82 Å². The Morgan fingerprint density at radius 3 is 2.47 bits per heavy atom. The second-order valence-corrected chi connectivity index (χ2v) is 4.59. The minimum Gasteiger partial charge on any atom is -0.399 e. The van der Waals surface area contributed by atoms with E-state index in [4.69, 9.17) is 5.73 Å². The van der Waals surface area contributed by atoms with Crippen molar-refractivity contribution in [3.8, 4) is 0 Å². The van der Waals surface area contributed by atoms with Gasteiger partial charge in [0, 0.05) is 18.5 Å². The van der Waals surface area contributed by atoms with Crippen LogP contribution in [0.25, 0.3) is 0 Å². The zero-order valence-corrected chi connectivity index (χ0v) is 10.6. The molecule has 0 heterocycles. The van der Waals surface area contributed by atoms with Crippen LogP contribution in [-0.2, 0) is 17.6 Å². The second-order valence-electron chi connectivity index (χ2n) is 4.59. The van der Waals surface area contributed by atoms with Crippen LogP contribution in [-0.4, -0.2) is 5.78 Å². The standard InChI is InChI=1S/C16H16FNO/c17-14-7-4-13(5-8-14)11-16(19)9-6-12-2-1-3-15(18)10-12/h1-5,7-8,10H,6,9,11,18H2. The molecular formula is C16H16FNO. The molecule has 2 aromatic carbocycles. The molecule has 2 rings (SSSR count). The molecule has 0 bridgehead atoms. The van der Waals surface area contributed by atoms with Gasteiger partial charge in [-0.15, -0.1) is 0 Å². The van der Waals surface area contributed by atoms with Gasteiger partial charge in [-0.05, 0) is 41.8 Å². The number of halogens is 1. The zero-order valence-electron chi connectivity index (χ0n) is 10.6. The maximum absolute atomic E-state index is 12.7. The summed E-state index contributed by atoms with van der Waals surface area (Å²) >= 11 is 0. The van der Waals surface area contributed by atoms with Gasteiger partial charge in [0.05, 0.1) is 0 Å². The first-order valence-electron chi connectivity index (χ1n) is 6.24. The molecule has 2 nitrogen and oxygen atoms in total. The molecule has 0 aromatic heterocycles. The highest BCUT2D eigenvalue weighted by molar-refractivity contribution is 5.81. The number of Topliss-reactive ketones (excluding diaryl/α,β-unsaturated/α-hetero) is 1. The van der Waals surface area contributed by atoms with E-state index in [0.717, 1.165) is 11.1 Å². The molecule has 0 saturated heterocycles. The van der Waals surface area contributed by atoms with E-state index in [0.29, 0.717) is 24.9 Å². The van der Waals surface area contributed by atoms with E-state index in [1.54, 1.807) is 12.1 Å². The lowest BCUT2D eigenvalue weighted by Gasteiger charge is -2.03. The molecule has 2 aromatic rings. The SMILES string of the molecule is Nc1cccc(CCC(=O)Cc2ccc(F)cc2)c1. The monoisotopic (exact) mass is 257 g/mol. The number of hydrogen-bond donors (Lipinski definition) is 1. The number of carbonyl (C=O) groups excluding carboxylic acids is 1. The summed E-state index contributed by atoms with van der Waals surface area (Å²) in [6.45, 7) is 0. The lowest BCUT2D eigenvalue weighted by atomic mass is 10.0. The van der Waals surface area contributed by atoms with Gasteiger partial charge in [-0.2, -0.15) is 0 Å². The molecule has 0 spiro atoms. The molecule has 0 unspecified atom stereocenters. The Balaban J connectivity index is 1.86. The number of nitrogens with two attached hydrogens (primary N) is 1. The van der Waals surface area contributed by atoms with E-state index in [9.17, 15) is 9.18 Å². The Hall–Kier alpha value is -2.16. The highest BCUT2D eigenvalue weighted by atomic mass is 19.1. The van der Waals surface area contributed by atoms with E-state index >= 15 is 0 Å². The molecule has 0 aliphatic heterocycles. The lowest BCUT2D eigenvalue weighted by molar-refractivity contribution is -0.118. The summed E-state index contributed by atoms with van der Waals surface area (Å²) in [7, 11) is 0. The number of anilines is 1. The number of ketones is 1. The molecule has 0 atom stereocenters. The molecule has 0 amide bonds. The van der Waals surface area contributed by atoms with Crippen molar-refractivity contribution in [2.75, 3.05) is 5.73 Å². The topological polar surface area (TPSA) is 43.1 Å². The van der Waals surface area contributed by atoms with Gasteiger partial charge >= 0.3 is 0 Å². The Labute approximate surface area is 112 Å². The molecule has 2 N–H and O–H groups in total. The highest BCUT2D eigenvalue weighted by Crippen LogP contribution is 2.10. The first-order chi connectivity index (χ1) is 9.13. The zero-order chi connectivity index (χ0) is 13.7. The van der Waals surface area contributed by atoms with Crippen molar-refractivity contribution in [2.45, 2.75) is 19.3 Å². The fraction of sp³-hybridized carbons (Fsp3) is 0.188. The Kier molecular flexibility index (Phi) is 4.29. The van der Waals surface area contributed by atoms with E-state index in [2.05, 4.69) is 0 Å². The van der Waals surface area contributed by atoms with Crippen LogP contribution in [0.2, 0.25) is 0 Å². The molecule has 3 heteroatoms. The summed E-state index contributed by atoms with van der Waals surface area (Å²) in [6, 6.07) is 13.6. The maximum atomic E-state index is 12.7. The molecule has 0 aliphatic rings. The lowest BCUT2D eigenvalue weighted by Crippen LogP contribution is -2.04. The Bertz CT molecular complexity index is 563. The van der Waals surface area contributed by atoms with E-state index < -0.39 is 0 Å². The molecule has 19 heavy (non-hydrogen) atoms. The second kappa shape index (κ2) is 6.14. The molecule has 0 saturated carbocycles. The predicted octanol–water partition coefficient (Wildman–Crippen LogP) is 3.15. The summed E-state index contributed by atoms with van der Waals surface area (Å²) in [5, 5.41) is 0. The highest BCUT2D eigenvalue weighted by Gasteiger charge is 2.05. The Morgan fingerprint density at radius 1 is 1.05 bits per heavy atom. The minimum absolute atomic E-state index is 0.147. The van der Waals surface area contributed by atoms with Gasteiger partial charge < -0.3 is 5.73 Å². The van der Waals surface area contributed by atoms with Gasteiger partial charge in [0.2, 0.25) is 0 Å². The third-order valence-corrected chi connectivity index (χ3v) is 2.96. The van der Waals surface area contributed by atoms with Crippen LogP contribution in [0.15, 0.2) is 48.5 Å². The maximum Gasteiger partial charge on any atom is 0.137 e. The average Bonchev–Trinajstić information content (AvgIpc) is 2.39. The quantitative estimate of drug-likeness (QED) is 0.836. The summed E-state index contributed by atoms with van der Waals surface area (Å²) in [5.41, 5.74) is 8.30. The number of hydrogen-bond acceptors (Lipinski definition) is 2. The first-order valence-corrected chi connectivity index (χ1v) is 6.24. The summed E-state index contributed by atoms with van der Waals surface area (Å²) in [6.07, 6.45) is 1.51. The summed E-state index contributed by atoms with van der Waals surface area (Å²) in [5.74, 6) is -0.134. The summed E-state index contributed by atoms with van der Waals surface area (Å²) in [4.78, 5) is 11.8. The average molecular weight is 257 g/mol. The van der Waals surface area contributed by atoms with Crippen molar-refractivity contribution in [3.63, 3.8) is 0 Å². The number of benzene rings is 2. The molecule has 0 aliphatic carbocycles. The molecule has 98 valence electrons. The van der Waals surface area contributed by atoms with E-state index in [-0.39, 0.29) is 11.6 Å². The normalized spacial score (nSPS) is 10.4. The smallest absolute Gasteiger partial charge is 0.137 e. The first kappa shape index (κ1) is 13.3. The largest absolute Gasteiger partial charge is 0.399 e. The third-order valence-electron chi connectivity index (χ3n) is 2.96. The molecule has 0 radical (unpaired) electrons.